The molecular formula is C8H14N4O2S. The van der Waals surface area contributed by atoms with Gasteiger partial charge in [-0.25, -0.2) is 4.98 Å². The molecule has 0 saturated heterocycles. The van der Waals surface area contributed by atoms with Crippen LogP contribution < -0.4 is 5.32 Å². The number of hydrogen-bond acceptors (Lipinski definition) is 5. The fourth-order valence-corrected chi connectivity index (χ4v) is 1.57. The molecule has 0 aliphatic heterocycles. The normalized spacial score (nSPS) is 10.2. The van der Waals surface area contributed by atoms with Crippen LogP contribution in [0.4, 0.5) is 0 Å². The van der Waals surface area contributed by atoms with Crippen molar-refractivity contribution in [3.05, 3.63) is 12.2 Å². The van der Waals surface area contributed by atoms with Crippen molar-refractivity contribution in [3.8, 4) is 0 Å². The van der Waals surface area contributed by atoms with Crippen molar-refractivity contribution >= 4 is 17.7 Å². The second-order valence-electron chi connectivity index (χ2n) is 2.75. The fraction of sp³-hybridized carbons (Fsp3) is 0.625. The van der Waals surface area contributed by atoms with E-state index in [0.717, 1.165) is 5.75 Å². The first-order valence-electron chi connectivity index (χ1n) is 4.50. The molecule has 0 aliphatic rings. The molecule has 1 aromatic heterocycles. The van der Waals surface area contributed by atoms with Gasteiger partial charge in [0.1, 0.15) is 12.2 Å². The largest absolute Gasteiger partial charge is 0.384 e. The average Bonchev–Trinajstić information content (AvgIpc) is 2.74. The summed E-state index contributed by atoms with van der Waals surface area (Å²) in [7, 11) is 1.64. The Labute approximate surface area is 92.2 Å². The van der Waals surface area contributed by atoms with Crippen LogP contribution in [-0.4, -0.2) is 46.3 Å². The quantitative estimate of drug-likeness (QED) is 0.634. The second-order valence-corrected chi connectivity index (χ2v) is 3.86. The molecule has 0 unspecified atom stereocenters. The number of amides is 1. The minimum atomic E-state index is -0.00694. The van der Waals surface area contributed by atoms with Crippen molar-refractivity contribution in [2.45, 2.75) is 6.54 Å². The maximum absolute atomic E-state index is 11.3. The Morgan fingerprint density at radius 1 is 1.73 bits per heavy atom. The third-order valence-electron chi connectivity index (χ3n) is 1.58. The van der Waals surface area contributed by atoms with E-state index in [4.69, 9.17) is 4.74 Å². The summed E-state index contributed by atoms with van der Waals surface area (Å²) in [6, 6.07) is 0. The van der Waals surface area contributed by atoms with Crippen molar-refractivity contribution in [1.29, 1.82) is 0 Å². The van der Waals surface area contributed by atoms with E-state index in [1.54, 1.807) is 7.11 Å². The minimum absolute atomic E-state index is 0.00694. The van der Waals surface area contributed by atoms with Crippen LogP contribution in [-0.2, 0) is 16.1 Å². The van der Waals surface area contributed by atoms with Crippen LogP contribution in [0.1, 0.15) is 5.82 Å². The zero-order chi connectivity index (χ0) is 10.9. The minimum Gasteiger partial charge on any atom is -0.384 e. The van der Waals surface area contributed by atoms with Crippen molar-refractivity contribution in [2.24, 2.45) is 0 Å². The van der Waals surface area contributed by atoms with Gasteiger partial charge in [-0.15, -0.1) is 11.8 Å². The smallest absolute Gasteiger partial charge is 0.230 e. The maximum atomic E-state index is 11.3. The van der Waals surface area contributed by atoms with E-state index in [-0.39, 0.29) is 5.91 Å². The van der Waals surface area contributed by atoms with Crippen LogP contribution in [0.5, 0.6) is 0 Å². The molecule has 1 aromatic rings. The van der Waals surface area contributed by atoms with E-state index >= 15 is 0 Å². The number of aromatic amines is 1. The van der Waals surface area contributed by atoms with Gasteiger partial charge in [0.2, 0.25) is 5.91 Å². The standard InChI is InChI=1S/C8H14N4O2S/c1-14-2-3-15-5-8(13)9-4-7-10-6-11-12-7/h6H,2-5H2,1H3,(H,9,13)(H,10,11,12). The van der Waals surface area contributed by atoms with Gasteiger partial charge >= 0.3 is 0 Å². The number of nitrogens with zero attached hydrogens (tertiary/aromatic N) is 2. The van der Waals surface area contributed by atoms with Crippen LogP contribution in [0.2, 0.25) is 0 Å². The van der Waals surface area contributed by atoms with Gasteiger partial charge in [0.25, 0.3) is 0 Å². The number of nitrogens with one attached hydrogen (secondary N) is 2. The van der Waals surface area contributed by atoms with E-state index < -0.39 is 0 Å². The van der Waals surface area contributed by atoms with Gasteiger partial charge in [-0.1, -0.05) is 0 Å². The predicted molar refractivity (Wildman–Crippen MR) is 57.4 cm³/mol. The molecule has 0 radical (unpaired) electrons. The second kappa shape index (κ2) is 7.24. The number of thioether (sulfide) groups is 1. The van der Waals surface area contributed by atoms with Crippen molar-refractivity contribution in [1.82, 2.24) is 20.5 Å². The van der Waals surface area contributed by atoms with Gasteiger partial charge in [0.15, 0.2) is 0 Å². The number of aromatic nitrogens is 3. The lowest BCUT2D eigenvalue weighted by molar-refractivity contribution is -0.118. The summed E-state index contributed by atoms with van der Waals surface area (Å²) in [5.41, 5.74) is 0. The third kappa shape index (κ3) is 5.38. The van der Waals surface area contributed by atoms with E-state index in [1.165, 1.54) is 18.1 Å². The number of hydrogen-bond donors (Lipinski definition) is 2. The first-order valence-corrected chi connectivity index (χ1v) is 5.66. The Morgan fingerprint density at radius 3 is 3.27 bits per heavy atom. The number of rotatable bonds is 7. The predicted octanol–water partition coefficient (Wildman–Crippen LogP) is -0.200. The number of ether oxygens (including phenoxy) is 1. The van der Waals surface area contributed by atoms with E-state index in [2.05, 4.69) is 20.5 Å². The molecule has 0 bridgehead atoms. The molecule has 6 nitrogen and oxygen atoms in total. The van der Waals surface area contributed by atoms with Crippen LogP contribution in [0.25, 0.3) is 0 Å². The molecule has 0 atom stereocenters. The zero-order valence-electron chi connectivity index (χ0n) is 8.52. The van der Waals surface area contributed by atoms with Crippen LogP contribution in [0, 0.1) is 0 Å². The molecule has 1 rings (SSSR count). The summed E-state index contributed by atoms with van der Waals surface area (Å²) < 4.78 is 4.87. The molecule has 0 aliphatic carbocycles. The van der Waals surface area contributed by atoms with Gasteiger partial charge < -0.3 is 10.1 Å². The lowest BCUT2D eigenvalue weighted by Gasteiger charge is -2.02. The molecule has 0 fully saturated rings. The van der Waals surface area contributed by atoms with Gasteiger partial charge in [-0.05, 0) is 0 Å². The maximum Gasteiger partial charge on any atom is 0.230 e. The molecular weight excluding hydrogens is 216 g/mol. The van der Waals surface area contributed by atoms with Crippen molar-refractivity contribution in [2.75, 3.05) is 25.2 Å². The monoisotopic (exact) mass is 230 g/mol. The molecule has 15 heavy (non-hydrogen) atoms. The molecule has 1 heterocycles. The number of methoxy groups -OCH3 is 1. The summed E-state index contributed by atoms with van der Waals surface area (Å²) in [6.45, 7) is 1.06. The highest BCUT2D eigenvalue weighted by molar-refractivity contribution is 7.99. The molecule has 7 heteroatoms. The highest BCUT2D eigenvalue weighted by atomic mass is 32.2. The first kappa shape index (κ1) is 12.0. The van der Waals surface area contributed by atoms with Gasteiger partial charge in [-0.3, -0.25) is 9.89 Å². The number of H-pyrrole nitrogens is 1. The van der Waals surface area contributed by atoms with Crippen LogP contribution >= 0.6 is 11.8 Å². The summed E-state index contributed by atoms with van der Waals surface area (Å²) in [5, 5.41) is 9.07. The molecule has 1 amide bonds. The van der Waals surface area contributed by atoms with Crippen LogP contribution in [0.3, 0.4) is 0 Å². The lowest BCUT2D eigenvalue weighted by atomic mass is 10.5. The van der Waals surface area contributed by atoms with E-state index in [9.17, 15) is 4.79 Å². The lowest BCUT2D eigenvalue weighted by Crippen LogP contribution is -2.25. The highest BCUT2D eigenvalue weighted by Gasteiger charge is 2.02. The van der Waals surface area contributed by atoms with Gasteiger partial charge in [0, 0.05) is 12.9 Å². The Morgan fingerprint density at radius 2 is 2.60 bits per heavy atom. The van der Waals surface area contributed by atoms with Crippen molar-refractivity contribution < 1.29 is 9.53 Å². The van der Waals surface area contributed by atoms with E-state index in [1.807, 2.05) is 0 Å². The topological polar surface area (TPSA) is 79.9 Å². The Hall–Kier alpha value is -1.08. The summed E-state index contributed by atoms with van der Waals surface area (Å²) in [6.07, 6.45) is 1.41. The summed E-state index contributed by atoms with van der Waals surface area (Å²) >= 11 is 1.54. The Balaban J connectivity index is 2.04. The highest BCUT2D eigenvalue weighted by Crippen LogP contribution is 1.98. The first-order chi connectivity index (χ1) is 7.33. The third-order valence-corrected chi connectivity index (χ3v) is 2.50. The summed E-state index contributed by atoms with van der Waals surface area (Å²) in [5.74, 6) is 1.92. The molecule has 0 aromatic carbocycles. The van der Waals surface area contributed by atoms with Crippen molar-refractivity contribution in [3.63, 3.8) is 0 Å². The Kier molecular flexibility index (Phi) is 5.79. The van der Waals surface area contributed by atoms with Gasteiger partial charge in [0.05, 0.1) is 18.9 Å². The molecule has 84 valence electrons. The molecule has 0 saturated carbocycles. The van der Waals surface area contributed by atoms with Gasteiger partial charge in [-0.2, -0.15) is 5.10 Å². The zero-order valence-corrected chi connectivity index (χ0v) is 9.34. The Bertz CT molecular complexity index is 278. The summed E-state index contributed by atoms with van der Waals surface area (Å²) in [4.78, 5) is 15.2. The number of carbonyl (C=O) groups is 1. The fourth-order valence-electron chi connectivity index (χ4n) is 0.856. The van der Waals surface area contributed by atoms with E-state index in [0.29, 0.717) is 24.7 Å². The molecule has 0 spiro atoms. The number of carbonyl (C=O) groups excluding carboxylic acids is 1. The van der Waals surface area contributed by atoms with Crippen LogP contribution in [0.15, 0.2) is 6.33 Å². The molecule has 2 N–H and O–H groups in total. The SMILES string of the molecule is COCCSCC(=O)NCc1ncn[nH]1. The average molecular weight is 230 g/mol.